The molecule has 0 aliphatic carbocycles. The average molecular weight is 307 g/mol. The number of hydrogen-bond acceptors (Lipinski definition) is 5. The van der Waals surface area contributed by atoms with E-state index in [-0.39, 0.29) is 17.8 Å². The van der Waals surface area contributed by atoms with Crippen LogP contribution < -0.4 is 0 Å². The van der Waals surface area contributed by atoms with E-state index in [2.05, 4.69) is 5.10 Å². The van der Waals surface area contributed by atoms with Crippen molar-refractivity contribution >= 4 is 33.4 Å². The van der Waals surface area contributed by atoms with E-state index in [0.29, 0.717) is 24.4 Å². The van der Waals surface area contributed by atoms with E-state index in [1.807, 2.05) is 20.0 Å². The van der Waals surface area contributed by atoms with Gasteiger partial charge in [0.2, 0.25) is 0 Å². The summed E-state index contributed by atoms with van der Waals surface area (Å²) in [5.74, 6) is -0.444. The maximum Gasteiger partial charge on any atom is 0.310 e. The average Bonchev–Trinajstić information content (AvgIpc) is 3.16. The minimum absolute atomic E-state index is 0.0120. The Morgan fingerprint density at radius 2 is 2.24 bits per heavy atom. The summed E-state index contributed by atoms with van der Waals surface area (Å²) in [6, 6.07) is 1.90. The van der Waals surface area contributed by atoms with Gasteiger partial charge in [0.25, 0.3) is 5.91 Å². The third-order valence-corrected chi connectivity index (χ3v) is 5.11. The third kappa shape index (κ3) is 2.31. The second kappa shape index (κ2) is 5.14. The fourth-order valence-corrected chi connectivity index (χ4v) is 3.86. The molecule has 3 heterocycles. The molecule has 3 rings (SSSR count). The first-order valence-corrected chi connectivity index (χ1v) is 7.63. The van der Waals surface area contributed by atoms with Crippen LogP contribution in [0, 0.1) is 12.8 Å². The van der Waals surface area contributed by atoms with Crippen LogP contribution in [0.2, 0.25) is 0 Å². The fourth-order valence-electron chi connectivity index (χ4n) is 2.77. The number of amides is 1. The Hall–Kier alpha value is -1.89. The lowest BCUT2D eigenvalue weighted by Crippen LogP contribution is -2.29. The molecule has 21 heavy (non-hydrogen) atoms. The van der Waals surface area contributed by atoms with Gasteiger partial charge in [-0.25, -0.2) is 0 Å². The molecule has 1 aliphatic rings. The van der Waals surface area contributed by atoms with Crippen molar-refractivity contribution in [3.8, 4) is 0 Å². The van der Waals surface area contributed by atoms with Gasteiger partial charge in [-0.2, -0.15) is 5.10 Å². The second-order valence-corrected chi connectivity index (χ2v) is 6.33. The molecular weight excluding hydrogens is 290 g/mol. The van der Waals surface area contributed by atoms with E-state index in [1.165, 1.54) is 18.4 Å². The van der Waals surface area contributed by atoms with Crippen LogP contribution in [0.1, 0.15) is 21.8 Å². The van der Waals surface area contributed by atoms with Gasteiger partial charge in [-0.05, 0) is 19.4 Å². The molecule has 7 heteroatoms. The Kier molecular flexibility index (Phi) is 3.44. The Morgan fingerprint density at radius 1 is 1.48 bits per heavy atom. The highest BCUT2D eigenvalue weighted by Crippen LogP contribution is 2.30. The highest BCUT2D eigenvalue weighted by Gasteiger charge is 2.32. The van der Waals surface area contributed by atoms with Crippen molar-refractivity contribution in [1.29, 1.82) is 0 Å². The molecule has 1 amide bonds. The number of aryl methyl sites for hydroxylation is 2. The summed E-state index contributed by atoms with van der Waals surface area (Å²) in [6.45, 7) is 2.98. The van der Waals surface area contributed by atoms with Crippen molar-refractivity contribution in [3.05, 3.63) is 16.6 Å². The first-order chi connectivity index (χ1) is 10.0. The van der Waals surface area contributed by atoms with Crippen LogP contribution in [0.4, 0.5) is 0 Å². The van der Waals surface area contributed by atoms with Crippen LogP contribution >= 0.6 is 11.3 Å². The maximum atomic E-state index is 12.5. The summed E-state index contributed by atoms with van der Waals surface area (Å²) in [5.41, 5.74) is 0.927. The second-order valence-electron chi connectivity index (χ2n) is 5.30. The number of rotatable bonds is 2. The topological polar surface area (TPSA) is 64.4 Å². The molecule has 1 aliphatic heterocycles. The Bertz CT molecular complexity index is 684. The van der Waals surface area contributed by atoms with Gasteiger partial charge < -0.3 is 9.64 Å². The molecule has 0 N–H and O–H groups in total. The molecule has 2 aromatic heterocycles. The van der Waals surface area contributed by atoms with Gasteiger partial charge in [0.1, 0.15) is 4.83 Å². The largest absolute Gasteiger partial charge is 0.469 e. The van der Waals surface area contributed by atoms with Gasteiger partial charge in [0.05, 0.1) is 23.6 Å². The van der Waals surface area contributed by atoms with Crippen molar-refractivity contribution in [2.45, 2.75) is 13.3 Å². The zero-order valence-corrected chi connectivity index (χ0v) is 13.1. The number of hydrogen-bond donors (Lipinski definition) is 0. The van der Waals surface area contributed by atoms with Crippen molar-refractivity contribution in [2.75, 3.05) is 20.2 Å². The molecule has 0 saturated carbocycles. The van der Waals surface area contributed by atoms with E-state index in [0.717, 1.165) is 15.9 Å². The summed E-state index contributed by atoms with van der Waals surface area (Å²) in [7, 11) is 3.26. The molecule has 1 unspecified atom stereocenters. The van der Waals surface area contributed by atoms with Crippen LogP contribution in [0.3, 0.4) is 0 Å². The molecule has 0 radical (unpaired) electrons. The first kappa shape index (κ1) is 14.1. The zero-order chi connectivity index (χ0) is 15.1. The predicted molar refractivity (Wildman–Crippen MR) is 79.4 cm³/mol. The van der Waals surface area contributed by atoms with Gasteiger partial charge in [-0.3, -0.25) is 14.3 Å². The molecule has 0 spiro atoms. The van der Waals surface area contributed by atoms with Crippen molar-refractivity contribution in [3.63, 3.8) is 0 Å². The predicted octanol–water partition coefficient (Wildman–Crippen LogP) is 1.58. The zero-order valence-electron chi connectivity index (χ0n) is 12.3. The number of ether oxygens (including phenoxy) is 1. The number of esters is 1. The number of carbonyl (C=O) groups excluding carboxylic acids is 2. The number of thiophene rings is 1. The van der Waals surface area contributed by atoms with E-state index in [4.69, 9.17) is 4.74 Å². The fraction of sp³-hybridized carbons (Fsp3) is 0.500. The molecule has 1 saturated heterocycles. The number of methoxy groups -OCH3 is 1. The maximum absolute atomic E-state index is 12.5. The van der Waals surface area contributed by atoms with Crippen molar-refractivity contribution in [1.82, 2.24) is 14.7 Å². The van der Waals surface area contributed by atoms with E-state index >= 15 is 0 Å². The summed E-state index contributed by atoms with van der Waals surface area (Å²) in [4.78, 5) is 27.5. The Balaban J connectivity index is 1.81. The molecule has 112 valence electrons. The monoisotopic (exact) mass is 307 g/mol. The van der Waals surface area contributed by atoms with E-state index in [9.17, 15) is 9.59 Å². The summed E-state index contributed by atoms with van der Waals surface area (Å²) < 4.78 is 6.55. The molecule has 0 bridgehead atoms. The number of nitrogens with zero attached hydrogens (tertiary/aromatic N) is 3. The van der Waals surface area contributed by atoms with Crippen LogP contribution in [0.25, 0.3) is 10.2 Å². The number of carbonyl (C=O) groups is 2. The van der Waals surface area contributed by atoms with Gasteiger partial charge in [0.15, 0.2) is 0 Å². The quantitative estimate of drug-likeness (QED) is 0.790. The first-order valence-electron chi connectivity index (χ1n) is 6.81. The van der Waals surface area contributed by atoms with Crippen LogP contribution in [0.15, 0.2) is 6.07 Å². The summed E-state index contributed by atoms with van der Waals surface area (Å²) in [5, 5.41) is 5.36. The van der Waals surface area contributed by atoms with Crippen LogP contribution in [-0.4, -0.2) is 46.8 Å². The molecular formula is C14H17N3O3S. The van der Waals surface area contributed by atoms with Crippen molar-refractivity contribution < 1.29 is 14.3 Å². The minimum atomic E-state index is -0.235. The Morgan fingerprint density at radius 3 is 2.90 bits per heavy atom. The standard InChI is InChI=1S/C14H17N3O3S/c1-8-10-6-11(21-13(10)16(2)15-8)12(18)17-5-4-9(7-17)14(19)20-3/h6,9H,4-5,7H2,1-3H3. The lowest BCUT2D eigenvalue weighted by atomic mass is 10.1. The Labute approximate surface area is 126 Å². The smallest absolute Gasteiger partial charge is 0.310 e. The molecule has 0 aromatic carbocycles. The molecule has 6 nitrogen and oxygen atoms in total. The van der Waals surface area contributed by atoms with Gasteiger partial charge in [0, 0.05) is 25.5 Å². The van der Waals surface area contributed by atoms with Gasteiger partial charge in [-0.1, -0.05) is 0 Å². The minimum Gasteiger partial charge on any atom is -0.469 e. The lowest BCUT2D eigenvalue weighted by molar-refractivity contribution is -0.144. The van der Waals surface area contributed by atoms with Gasteiger partial charge in [-0.15, -0.1) is 11.3 Å². The van der Waals surface area contributed by atoms with Crippen LogP contribution in [-0.2, 0) is 16.6 Å². The number of fused-ring (bicyclic) bond motifs is 1. The highest BCUT2D eigenvalue weighted by molar-refractivity contribution is 7.20. The van der Waals surface area contributed by atoms with E-state index < -0.39 is 0 Å². The molecule has 1 fully saturated rings. The summed E-state index contributed by atoms with van der Waals surface area (Å²) in [6.07, 6.45) is 0.671. The number of likely N-dealkylation sites (tertiary alicyclic amines) is 1. The normalized spacial score (nSPS) is 18.4. The highest BCUT2D eigenvalue weighted by atomic mass is 32.1. The van der Waals surface area contributed by atoms with Gasteiger partial charge >= 0.3 is 5.97 Å². The number of aromatic nitrogens is 2. The SMILES string of the molecule is COC(=O)C1CCN(C(=O)c2cc3c(C)nn(C)c3s2)C1. The molecule has 1 atom stereocenters. The molecule has 2 aromatic rings. The third-order valence-electron chi connectivity index (χ3n) is 3.92. The lowest BCUT2D eigenvalue weighted by Gasteiger charge is -2.14. The van der Waals surface area contributed by atoms with Crippen LogP contribution in [0.5, 0.6) is 0 Å². The summed E-state index contributed by atoms with van der Waals surface area (Å²) >= 11 is 1.45. The van der Waals surface area contributed by atoms with E-state index in [1.54, 1.807) is 9.58 Å². The van der Waals surface area contributed by atoms with Crippen molar-refractivity contribution in [2.24, 2.45) is 13.0 Å².